The smallest absolute Gasteiger partial charge is 0.0640 e. The second-order valence-corrected chi connectivity index (χ2v) is 4.85. The number of anilines is 1. The Morgan fingerprint density at radius 3 is 2.76 bits per heavy atom. The van der Waals surface area contributed by atoms with E-state index in [9.17, 15) is 0 Å². The van der Waals surface area contributed by atoms with Gasteiger partial charge in [0.1, 0.15) is 0 Å². The summed E-state index contributed by atoms with van der Waals surface area (Å²) in [5, 5.41) is 8.72. The first-order valence-electron chi connectivity index (χ1n) is 6.05. The predicted molar refractivity (Wildman–Crippen MR) is 71.3 cm³/mol. The Morgan fingerprint density at radius 1 is 1.47 bits per heavy atom. The Kier molecular flexibility index (Phi) is 3.91. The zero-order valence-electron chi connectivity index (χ0n) is 10.1. The van der Waals surface area contributed by atoms with E-state index in [4.69, 9.17) is 16.9 Å². The predicted octanol–water partition coefficient (Wildman–Crippen LogP) is 3.62. The van der Waals surface area contributed by atoms with Gasteiger partial charge in [0.05, 0.1) is 12.5 Å². The van der Waals surface area contributed by atoms with Gasteiger partial charge in [-0.3, -0.25) is 0 Å². The number of alkyl halides is 1. The van der Waals surface area contributed by atoms with E-state index >= 15 is 0 Å². The largest absolute Gasteiger partial charge is 0.367 e. The van der Waals surface area contributed by atoms with Crippen LogP contribution in [0.25, 0.3) is 0 Å². The molecule has 17 heavy (non-hydrogen) atoms. The summed E-state index contributed by atoms with van der Waals surface area (Å²) in [5.74, 6) is 0.558. The standard InChI is InChI=1S/C14H17ClN2/c1-11-9-12(10-15)3-6-14(11)17(8-2-7-16)13-4-5-13/h3,6,9,13H,2,4-5,8,10H2,1H3. The van der Waals surface area contributed by atoms with Crippen molar-refractivity contribution < 1.29 is 0 Å². The van der Waals surface area contributed by atoms with Gasteiger partial charge in [0.25, 0.3) is 0 Å². The molecular weight excluding hydrogens is 232 g/mol. The van der Waals surface area contributed by atoms with E-state index in [0.29, 0.717) is 18.3 Å². The van der Waals surface area contributed by atoms with Crippen LogP contribution in [0.1, 0.15) is 30.4 Å². The molecule has 0 radical (unpaired) electrons. The lowest BCUT2D eigenvalue weighted by Crippen LogP contribution is -2.27. The normalized spacial score (nSPS) is 14.4. The monoisotopic (exact) mass is 248 g/mol. The molecule has 0 heterocycles. The van der Waals surface area contributed by atoms with E-state index in [-0.39, 0.29) is 0 Å². The van der Waals surface area contributed by atoms with E-state index in [2.05, 4.69) is 36.1 Å². The van der Waals surface area contributed by atoms with Crippen molar-refractivity contribution in [3.63, 3.8) is 0 Å². The van der Waals surface area contributed by atoms with E-state index in [1.165, 1.54) is 24.1 Å². The lowest BCUT2D eigenvalue weighted by atomic mass is 10.1. The molecular formula is C14H17ClN2. The Balaban J connectivity index is 2.20. The van der Waals surface area contributed by atoms with Crippen LogP contribution in [0.3, 0.4) is 0 Å². The SMILES string of the molecule is Cc1cc(CCl)ccc1N(CCC#N)C1CC1. The number of hydrogen-bond donors (Lipinski definition) is 0. The summed E-state index contributed by atoms with van der Waals surface area (Å²) in [5.41, 5.74) is 3.67. The summed E-state index contributed by atoms with van der Waals surface area (Å²) < 4.78 is 0. The summed E-state index contributed by atoms with van der Waals surface area (Å²) in [4.78, 5) is 2.37. The van der Waals surface area contributed by atoms with Gasteiger partial charge in [-0.05, 0) is 37.0 Å². The minimum absolute atomic E-state index is 0.558. The fourth-order valence-corrected chi connectivity index (χ4v) is 2.35. The van der Waals surface area contributed by atoms with Crippen LogP contribution >= 0.6 is 11.6 Å². The molecule has 1 saturated carbocycles. The second-order valence-electron chi connectivity index (χ2n) is 4.59. The fourth-order valence-electron chi connectivity index (χ4n) is 2.18. The number of nitriles is 1. The molecule has 0 saturated heterocycles. The maximum atomic E-state index is 8.72. The van der Waals surface area contributed by atoms with Crippen molar-refractivity contribution in [1.29, 1.82) is 5.26 Å². The average Bonchev–Trinajstić information content (AvgIpc) is 3.15. The number of rotatable bonds is 5. The van der Waals surface area contributed by atoms with Crippen LogP contribution in [-0.4, -0.2) is 12.6 Å². The Bertz CT molecular complexity index is 432. The van der Waals surface area contributed by atoms with E-state index in [1.807, 2.05) is 0 Å². The third kappa shape index (κ3) is 2.92. The number of aryl methyl sites for hydroxylation is 1. The van der Waals surface area contributed by atoms with Gasteiger partial charge in [0.15, 0.2) is 0 Å². The van der Waals surface area contributed by atoms with Crippen molar-refractivity contribution in [3.05, 3.63) is 29.3 Å². The van der Waals surface area contributed by atoms with Crippen molar-refractivity contribution in [2.24, 2.45) is 0 Å². The molecule has 0 bridgehead atoms. The number of benzene rings is 1. The fraction of sp³-hybridized carbons (Fsp3) is 0.500. The second kappa shape index (κ2) is 5.42. The molecule has 1 aromatic carbocycles. The van der Waals surface area contributed by atoms with Gasteiger partial charge in [-0.15, -0.1) is 11.6 Å². The lowest BCUT2D eigenvalue weighted by molar-refractivity contribution is 0.789. The molecule has 1 aliphatic carbocycles. The quantitative estimate of drug-likeness (QED) is 0.745. The highest BCUT2D eigenvalue weighted by molar-refractivity contribution is 6.17. The Labute approximate surface area is 108 Å². The highest BCUT2D eigenvalue weighted by Crippen LogP contribution is 2.33. The molecule has 90 valence electrons. The minimum Gasteiger partial charge on any atom is -0.367 e. The van der Waals surface area contributed by atoms with Crippen LogP contribution in [0.15, 0.2) is 18.2 Å². The first kappa shape index (κ1) is 12.3. The first-order chi connectivity index (χ1) is 8.26. The molecule has 0 unspecified atom stereocenters. The third-order valence-corrected chi connectivity index (χ3v) is 3.49. The first-order valence-corrected chi connectivity index (χ1v) is 6.59. The Morgan fingerprint density at radius 2 is 2.24 bits per heavy atom. The van der Waals surface area contributed by atoms with Crippen LogP contribution in [-0.2, 0) is 5.88 Å². The van der Waals surface area contributed by atoms with Crippen LogP contribution < -0.4 is 4.90 Å². The highest BCUT2D eigenvalue weighted by Gasteiger charge is 2.29. The van der Waals surface area contributed by atoms with Gasteiger partial charge in [-0.1, -0.05) is 12.1 Å². The number of nitrogens with zero attached hydrogens (tertiary/aromatic N) is 2. The van der Waals surface area contributed by atoms with Crippen molar-refractivity contribution in [1.82, 2.24) is 0 Å². The lowest BCUT2D eigenvalue weighted by Gasteiger charge is -2.25. The molecule has 2 rings (SSSR count). The zero-order chi connectivity index (χ0) is 12.3. The molecule has 3 heteroatoms. The number of hydrogen-bond acceptors (Lipinski definition) is 2. The molecule has 1 aliphatic rings. The molecule has 0 spiro atoms. The van der Waals surface area contributed by atoms with Crippen molar-refractivity contribution in [2.45, 2.75) is 38.1 Å². The van der Waals surface area contributed by atoms with E-state index < -0.39 is 0 Å². The van der Waals surface area contributed by atoms with Crippen LogP contribution in [0.5, 0.6) is 0 Å². The average molecular weight is 249 g/mol. The van der Waals surface area contributed by atoms with Crippen molar-refractivity contribution >= 4 is 17.3 Å². The van der Waals surface area contributed by atoms with Crippen LogP contribution in [0, 0.1) is 18.3 Å². The van der Waals surface area contributed by atoms with Gasteiger partial charge < -0.3 is 4.90 Å². The van der Waals surface area contributed by atoms with Gasteiger partial charge in [0, 0.05) is 24.2 Å². The molecule has 0 aliphatic heterocycles. The van der Waals surface area contributed by atoms with Crippen molar-refractivity contribution in [2.75, 3.05) is 11.4 Å². The van der Waals surface area contributed by atoms with Crippen LogP contribution in [0.4, 0.5) is 5.69 Å². The molecule has 0 amide bonds. The molecule has 0 aromatic heterocycles. The number of halogens is 1. The zero-order valence-corrected chi connectivity index (χ0v) is 10.9. The van der Waals surface area contributed by atoms with Gasteiger partial charge in [-0.25, -0.2) is 0 Å². The maximum Gasteiger partial charge on any atom is 0.0640 e. The summed E-state index contributed by atoms with van der Waals surface area (Å²) >= 11 is 5.83. The third-order valence-electron chi connectivity index (χ3n) is 3.18. The van der Waals surface area contributed by atoms with Gasteiger partial charge in [-0.2, -0.15) is 5.26 Å². The van der Waals surface area contributed by atoms with Gasteiger partial charge >= 0.3 is 0 Å². The molecule has 0 atom stereocenters. The van der Waals surface area contributed by atoms with E-state index in [1.54, 1.807) is 0 Å². The molecule has 1 fully saturated rings. The van der Waals surface area contributed by atoms with Crippen molar-refractivity contribution in [3.8, 4) is 6.07 Å². The molecule has 0 N–H and O–H groups in total. The summed E-state index contributed by atoms with van der Waals surface area (Å²) in [6.45, 7) is 2.95. The van der Waals surface area contributed by atoms with Crippen LogP contribution in [0.2, 0.25) is 0 Å². The summed E-state index contributed by atoms with van der Waals surface area (Å²) in [7, 11) is 0. The highest BCUT2D eigenvalue weighted by atomic mass is 35.5. The minimum atomic E-state index is 0.558. The Hall–Kier alpha value is -1.20. The molecule has 1 aromatic rings. The van der Waals surface area contributed by atoms with E-state index in [0.717, 1.165) is 12.1 Å². The maximum absolute atomic E-state index is 8.72. The molecule has 2 nitrogen and oxygen atoms in total. The summed E-state index contributed by atoms with van der Waals surface area (Å²) in [6, 6.07) is 9.24. The summed E-state index contributed by atoms with van der Waals surface area (Å²) in [6.07, 6.45) is 3.09. The van der Waals surface area contributed by atoms with Gasteiger partial charge in [0.2, 0.25) is 0 Å². The topological polar surface area (TPSA) is 27.0 Å².